The molecule has 0 aliphatic rings. The van der Waals surface area contributed by atoms with Gasteiger partial charge in [0.2, 0.25) is 0 Å². The van der Waals surface area contributed by atoms with Crippen LogP contribution in [0.3, 0.4) is 0 Å². The van der Waals surface area contributed by atoms with Gasteiger partial charge >= 0.3 is 5.97 Å². The van der Waals surface area contributed by atoms with Crippen LogP contribution in [0.25, 0.3) is 0 Å². The van der Waals surface area contributed by atoms with Crippen LogP contribution in [0.1, 0.15) is 232 Å². The Morgan fingerprint density at radius 3 is 1.38 bits per heavy atom. The lowest BCUT2D eigenvalue weighted by Gasteiger charge is -2.28. The molecule has 0 aliphatic carbocycles. The van der Waals surface area contributed by atoms with Crippen LogP contribution in [0, 0.1) is 0 Å². The zero-order valence-electron chi connectivity index (χ0n) is 42.0. The smallest absolute Gasteiger partial charge is 0.306 e. The number of quaternary nitrogens is 1. The molecule has 0 bridgehead atoms. The molecule has 0 fully saturated rings. The topological polar surface area (TPSA) is 94.1 Å². The minimum absolute atomic E-state index is 0.0265. The molecule has 0 radical (unpaired) electrons. The number of hydrogen-bond acceptors (Lipinski definition) is 7. The summed E-state index contributed by atoms with van der Waals surface area (Å²) in [5.74, 6) is -0.334. The van der Waals surface area contributed by atoms with E-state index in [1.54, 1.807) is 0 Å². The highest BCUT2D eigenvalue weighted by atomic mass is 31.2. The van der Waals surface area contributed by atoms with Gasteiger partial charge in [-0.1, -0.05) is 223 Å². The number of esters is 1. The summed E-state index contributed by atoms with van der Waals surface area (Å²) in [7, 11) is 1.36. The average molecular weight is 908 g/mol. The van der Waals surface area contributed by atoms with E-state index in [4.69, 9.17) is 18.5 Å². The predicted molar refractivity (Wildman–Crippen MR) is 268 cm³/mol. The Labute approximate surface area is 390 Å². The second kappa shape index (κ2) is 47.0. The second-order valence-corrected chi connectivity index (χ2v) is 20.3. The molecule has 0 saturated carbocycles. The van der Waals surface area contributed by atoms with Crippen LogP contribution in [0.2, 0.25) is 0 Å². The van der Waals surface area contributed by atoms with Crippen LogP contribution in [0.4, 0.5) is 0 Å². The zero-order valence-corrected chi connectivity index (χ0v) is 42.9. The Morgan fingerprint density at radius 2 is 0.921 bits per heavy atom. The van der Waals surface area contributed by atoms with Gasteiger partial charge in [0, 0.05) is 13.0 Å². The van der Waals surface area contributed by atoms with E-state index in [-0.39, 0.29) is 25.8 Å². The Bertz CT molecular complexity index is 1150. The molecule has 0 aromatic heterocycles. The summed E-state index contributed by atoms with van der Waals surface area (Å²) >= 11 is 0. The maximum Gasteiger partial charge on any atom is 0.306 e. The molecule has 0 amide bonds. The molecular weight excluding hydrogens is 806 g/mol. The number of nitrogens with zero attached hydrogens (tertiary/aromatic N) is 1. The first-order chi connectivity index (χ1) is 30.6. The van der Waals surface area contributed by atoms with Gasteiger partial charge in [0.25, 0.3) is 7.82 Å². The van der Waals surface area contributed by atoms with Crippen LogP contribution < -0.4 is 4.89 Å². The Morgan fingerprint density at radius 1 is 0.508 bits per heavy atom. The van der Waals surface area contributed by atoms with Crippen molar-refractivity contribution in [2.24, 2.45) is 0 Å². The lowest BCUT2D eigenvalue weighted by atomic mass is 10.0. The molecule has 0 rings (SSSR count). The third kappa shape index (κ3) is 51.3. The number of allylic oxidation sites excluding steroid dienone is 8. The molecule has 0 aromatic carbocycles. The van der Waals surface area contributed by atoms with Crippen LogP contribution in [0.5, 0.6) is 0 Å². The molecule has 63 heavy (non-hydrogen) atoms. The van der Waals surface area contributed by atoms with Crippen molar-refractivity contribution in [1.29, 1.82) is 0 Å². The first-order valence-corrected chi connectivity index (χ1v) is 27.8. The lowest BCUT2D eigenvalue weighted by Crippen LogP contribution is -2.37. The highest BCUT2D eigenvalue weighted by Gasteiger charge is 2.20. The summed E-state index contributed by atoms with van der Waals surface area (Å²) in [4.78, 5) is 25.2. The fraction of sp³-hybridized carbons (Fsp3) is 0.833. The highest BCUT2D eigenvalue weighted by Crippen LogP contribution is 2.38. The van der Waals surface area contributed by atoms with E-state index in [0.717, 1.165) is 57.8 Å². The Hall–Kier alpha value is -1.54. The summed E-state index contributed by atoms with van der Waals surface area (Å²) in [5, 5.41) is 0. The van der Waals surface area contributed by atoms with Gasteiger partial charge in [-0.3, -0.25) is 9.36 Å². The molecule has 0 saturated heterocycles. The number of carbonyl (C=O) groups is 1. The molecule has 0 N–H and O–H groups in total. The maximum absolute atomic E-state index is 12.8. The zero-order chi connectivity index (χ0) is 46.2. The number of phosphoric ester groups is 1. The quantitative estimate of drug-likeness (QED) is 0.0197. The van der Waals surface area contributed by atoms with E-state index < -0.39 is 13.9 Å². The third-order valence-electron chi connectivity index (χ3n) is 11.4. The summed E-state index contributed by atoms with van der Waals surface area (Å²) in [6.45, 7) is 5.34. The van der Waals surface area contributed by atoms with Gasteiger partial charge in [0.1, 0.15) is 19.3 Å². The number of hydrogen-bond donors (Lipinski definition) is 0. The van der Waals surface area contributed by atoms with Crippen molar-refractivity contribution in [3.8, 4) is 0 Å². The number of ether oxygens (including phenoxy) is 2. The van der Waals surface area contributed by atoms with Crippen molar-refractivity contribution in [2.75, 3.05) is 54.1 Å². The van der Waals surface area contributed by atoms with Crippen molar-refractivity contribution >= 4 is 13.8 Å². The first kappa shape index (κ1) is 61.5. The van der Waals surface area contributed by atoms with E-state index >= 15 is 0 Å². The van der Waals surface area contributed by atoms with E-state index in [1.165, 1.54) is 154 Å². The van der Waals surface area contributed by atoms with Crippen molar-refractivity contribution in [1.82, 2.24) is 0 Å². The monoisotopic (exact) mass is 908 g/mol. The fourth-order valence-electron chi connectivity index (χ4n) is 7.36. The number of rotatable bonds is 49. The molecule has 0 aliphatic heterocycles. The minimum atomic E-state index is -4.53. The van der Waals surface area contributed by atoms with Crippen LogP contribution in [-0.4, -0.2) is 70.7 Å². The summed E-state index contributed by atoms with van der Waals surface area (Å²) in [6, 6.07) is 0. The van der Waals surface area contributed by atoms with Gasteiger partial charge in [-0.15, -0.1) is 0 Å². The number of unbranched alkanes of at least 4 members (excludes halogenated alkanes) is 27. The predicted octanol–water partition coefficient (Wildman–Crippen LogP) is 15.7. The second-order valence-electron chi connectivity index (χ2n) is 18.9. The van der Waals surface area contributed by atoms with Gasteiger partial charge < -0.3 is 27.9 Å². The number of likely N-dealkylation sites (N-methyl/N-ethyl adjacent to an activating group) is 1. The van der Waals surface area contributed by atoms with Gasteiger partial charge in [0.15, 0.2) is 0 Å². The van der Waals surface area contributed by atoms with E-state index in [1.807, 2.05) is 21.1 Å². The molecule has 9 heteroatoms. The van der Waals surface area contributed by atoms with Gasteiger partial charge in [0.05, 0.1) is 34.4 Å². The van der Waals surface area contributed by atoms with Crippen molar-refractivity contribution < 1.29 is 37.3 Å². The van der Waals surface area contributed by atoms with Crippen molar-refractivity contribution in [3.63, 3.8) is 0 Å². The fourth-order valence-corrected chi connectivity index (χ4v) is 8.09. The molecule has 0 heterocycles. The lowest BCUT2D eigenvalue weighted by molar-refractivity contribution is -0.870. The van der Waals surface area contributed by atoms with E-state index in [2.05, 4.69) is 62.5 Å². The average Bonchev–Trinajstić information content (AvgIpc) is 3.24. The summed E-state index contributed by atoms with van der Waals surface area (Å²) < 4.78 is 34.8. The molecule has 8 nitrogen and oxygen atoms in total. The van der Waals surface area contributed by atoms with Crippen LogP contribution >= 0.6 is 7.82 Å². The Kier molecular flexibility index (Phi) is 45.8. The van der Waals surface area contributed by atoms with Crippen LogP contribution in [-0.2, 0) is 27.9 Å². The molecule has 2 unspecified atom stereocenters. The van der Waals surface area contributed by atoms with Gasteiger partial charge in [-0.05, 0) is 51.4 Å². The Balaban J connectivity index is 4.09. The van der Waals surface area contributed by atoms with Crippen molar-refractivity contribution in [2.45, 2.75) is 238 Å². The van der Waals surface area contributed by atoms with Gasteiger partial charge in [-0.2, -0.15) is 0 Å². The molecule has 370 valence electrons. The number of carbonyl (C=O) groups excluding carboxylic acids is 1. The molecule has 0 aromatic rings. The highest BCUT2D eigenvalue weighted by molar-refractivity contribution is 7.45. The largest absolute Gasteiger partial charge is 0.756 e. The third-order valence-corrected chi connectivity index (χ3v) is 12.4. The molecular formula is C54H102NO7P. The minimum Gasteiger partial charge on any atom is -0.756 e. The van der Waals surface area contributed by atoms with Crippen LogP contribution in [0.15, 0.2) is 48.6 Å². The van der Waals surface area contributed by atoms with Crippen molar-refractivity contribution in [3.05, 3.63) is 48.6 Å². The van der Waals surface area contributed by atoms with E-state index in [0.29, 0.717) is 24.1 Å². The SMILES string of the molecule is CC/C=C\C/C=C\C/C=C\C/C=C\CCCCCCCCCCCCCCC(=O)OC(COCCCCCCCCCCCCCCCCCC)COP(=O)([O-])OCC[N+](C)(C)C. The summed E-state index contributed by atoms with van der Waals surface area (Å²) in [5.41, 5.74) is 0. The standard InChI is InChI=1S/C54H102NO7P/c1-6-8-10-12-14-16-18-20-22-24-25-26-27-28-29-30-31-32-33-35-37-39-41-43-45-47-54(56)62-53(52-61-63(57,58)60-50-48-55(3,4)5)51-59-49-46-44-42-40-38-36-34-23-21-19-17-15-13-11-9-7-2/h8,10,14,16,20,22,25-26,53H,6-7,9,11-13,15,17-19,21,23-24,27-52H2,1-5H3/b10-8-,16-14-,22-20-,26-25-. The number of phosphoric acid groups is 1. The molecule has 2 atom stereocenters. The molecule has 0 spiro atoms. The van der Waals surface area contributed by atoms with Gasteiger partial charge in [-0.25, -0.2) is 0 Å². The summed E-state index contributed by atoms with van der Waals surface area (Å²) in [6.07, 6.45) is 58.5. The maximum atomic E-state index is 12.8. The first-order valence-electron chi connectivity index (χ1n) is 26.4. The normalized spacial score (nSPS) is 13.9. The van der Waals surface area contributed by atoms with E-state index in [9.17, 15) is 14.3 Å².